The van der Waals surface area contributed by atoms with E-state index in [1.807, 2.05) is 11.4 Å². The van der Waals surface area contributed by atoms with Crippen molar-refractivity contribution in [1.29, 1.82) is 0 Å². The monoisotopic (exact) mass is 453 g/mol. The summed E-state index contributed by atoms with van der Waals surface area (Å²) < 4.78 is 0. The van der Waals surface area contributed by atoms with Gasteiger partial charge in [-0.05, 0) is 66.7 Å². The molecule has 2 amide bonds. The Morgan fingerprint density at radius 2 is 1.71 bits per heavy atom. The number of thiophene rings is 1. The van der Waals surface area contributed by atoms with Crippen molar-refractivity contribution in [3.63, 3.8) is 0 Å². The van der Waals surface area contributed by atoms with E-state index in [0.717, 1.165) is 12.1 Å². The highest BCUT2D eigenvalue weighted by molar-refractivity contribution is 7.12. The van der Waals surface area contributed by atoms with Crippen molar-refractivity contribution in [2.45, 2.75) is 25.9 Å². The Labute approximate surface area is 191 Å². The zero-order chi connectivity index (χ0) is 21.6. The van der Waals surface area contributed by atoms with E-state index < -0.39 is 0 Å². The first kappa shape index (κ1) is 21.6. The highest BCUT2D eigenvalue weighted by atomic mass is 35.5. The molecule has 0 atom stereocenters. The summed E-state index contributed by atoms with van der Waals surface area (Å²) in [6.45, 7) is 3.77. The molecule has 7 heteroatoms. The molecular formula is C24H24ClN3O2S. The third-order valence-corrected chi connectivity index (χ3v) is 6.50. The Hall–Kier alpha value is -2.67. The maximum atomic E-state index is 12.6. The molecule has 0 unspecified atom stereocenters. The Morgan fingerprint density at radius 1 is 0.968 bits per heavy atom. The number of nitrogens with zero attached hydrogens (tertiary/aromatic N) is 1. The highest BCUT2D eigenvalue weighted by Crippen LogP contribution is 2.24. The van der Waals surface area contributed by atoms with Gasteiger partial charge in [0.25, 0.3) is 11.8 Å². The number of amides is 2. The van der Waals surface area contributed by atoms with Crippen LogP contribution in [0.15, 0.2) is 60.0 Å². The fourth-order valence-electron chi connectivity index (χ4n) is 3.60. The third kappa shape index (κ3) is 5.73. The predicted octanol–water partition coefficient (Wildman–Crippen LogP) is 5.18. The maximum absolute atomic E-state index is 12.6. The average Bonchev–Trinajstić information content (AvgIpc) is 3.49. The fourth-order valence-corrected chi connectivity index (χ4v) is 4.38. The summed E-state index contributed by atoms with van der Waals surface area (Å²) in [5.74, 6) is -0.465. The number of hydrogen-bond acceptors (Lipinski definition) is 4. The first-order valence-corrected chi connectivity index (χ1v) is 11.6. The van der Waals surface area contributed by atoms with Gasteiger partial charge in [-0.15, -0.1) is 11.3 Å². The molecule has 1 aliphatic rings. The van der Waals surface area contributed by atoms with Gasteiger partial charge in [-0.1, -0.05) is 41.9 Å². The normalized spacial score (nSPS) is 13.8. The van der Waals surface area contributed by atoms with Crippen LogP contribution in [-0.4, -0.2) is 29.8 Å². The van der Waals surface area contributed by atoms with Crippen LogP contribution in [0.5, 0.6) is 0 Å². The van der Waals surface area contributed by atoms with E-state index in [0.29, 0.717) is 27.7 Å². The van der Waals surface area contributed by atoms with Crippen molar-refractivity contribution in [3.05, 3.63) is 86.6 Å². The van der Waals surface area contributed by atoms with Crippen LogP contribution in [0.25, 0.3) is 0 Å². The van der Waals surface area contributed by atoms with Gasteiger partial charge in [0.15, 0.2) is 0 Å². The average molecular weight is 454 g/mol. The number of likely N-dealkylation sites (tertiary alicyclic amines) is 1. The lowest BCUT2D eigenvalue weighted by molar-refractivity contribution is 0.0949. The van der Waals surface area contributed by atoms with Crippen LogP contribution in [-0.2, 0) is 13.1 Å². The number of hydrogen-bond donors (Lipinski definition) is 2. The van der Waals surface area contributed by atoms with Crippen LogP contribution in [0.1, 0.15) is 44.0 Å². The van der Waals surface area contributed by atoms with Gasteiger partial charge in [0.2, 0.25) is 0 Å². The summed E-state index contributed by atoms with van der Waals surface area (Å²) in [5, 5.41) is 7.92. The second-order valence-corrected chi connectivity index (χ2v) is 8.96. The Kier molecular flexibility index (Phi) is 7.02. The van der Waals surface area contributed by atoms with Crippen LogP contribution >= 0.6 is 22.9 Å². The molecule has 0 spiro atoms. The maximum Gasteiger partial charge on any atom is 0.265 e. The predicted molar refractivity (Wildman–Crippen MR) is 126 cm³/mol. The van der Waals surface area contributed by atoms with Crippen LogP contribution < -0.4 is 10.6 Å². The van der Waals surface area contributed by atoms with Crippen molar-refractivity contribution < 1.29 is 9.59 Å². The second kappa shape index (κ2) is 10.1. The number of carbonyl (C=O) groups excluding carboxylic acids is 2. The molecule has 2 N–H and O–H groups in total. The first-order valence-electron chi connectivity index (χ1n) is 10.3. The van der Waals surface area contributed by atoms with Gasteiger partial charge in [-0.25, -0.2) is 0 Å². The van der Waals surface area contributed by atoms with Gasteiger partial charge >= 0.3 is 0 Å². The quantitative estimate of drug-likeness (QED) is 0.518. The molecule has 0 aliphatic carbocycles. The van der Waals surface area contributed by atoms with Crippen LogP contribution in [0.4, 0.5) is 5.69 Å². The SMILES string of the molecule is O=C(NCc1ccc(CN2CCCC2)cc1)c1ccc(Cl)c(NC(=O)c2cccs2)c1. The van der Waals surface area contributed by atoms with E-state index in [1.54, 1.807) is 24.3 Å². The summed E-state index contributed by atoms with van der Waals surface area (Å²) in [6, 6.07) is 16.8. The summed E-state index contributed by atoms with van der Waals surface area (Å²) in [4.78, 5) is 28.0. The molecule has 160 valence electrons. The van der Waals surface area contributed by atoms with Gasteiger partial charge in [-0.3, -0.25) is 14.5 Å². The van der Waals surface area contributed by atoms with Crippen LogP contribution in [0, 0.1) is 0 Å². The molecule has 2 heterocycles. The zero-order valence-corrected chi connectivity index (χ0v) is 18.6. The van der Waals surface area contributed by atoms with Crippen molar-refractivity contribution in [1.82, 2.24) is 10.2 Å². The molecule has 0 bridgehead atoms. The van der Waals surface area contributed by atoms with Crippen molar-refractivity contribution in [3.8, 4) is 0 Å². The lowest BCUT2D eigenvalue weighted by atomic mass is 10.1. The minimum Gasteiger partial charge on any atom is -0.348 e. The molecule has 31 heavy (non-hydrogen) atoms. The molecule has 5 nitrogen and oxygen atoms in total. The third-order valence-electron chi connectivity index (χ3n) is 5.30. The van der Waals surface area contributed by atoms with E-state index >= 15 is 0 Å². The lowest BCUT2D eigenvalue weighted by Crippen LogP contribution is -2.23. The van der Waals surface area contributed by atoms with Crippen LogP contribution in [0.3, 0.4) is 0 Å². The number of anilines is 1. The largest absolute Gasteiger partial charge is 0.348 e. The van der Waals surface area contributed by atoms with E-state index in [-0.39, 0.29) is 11.8 Å². The van der Waals surface area contributed by atoms with Gasteiger partial charge in [-0.2, -0.15) is 0 Å². The zero-order valence-electron chi connectivity index (χ0n) is 17.1. The van der Waals surface area contributed by atoms with E-state index in [1.165, 1.54) is 42.8 Å². The van der Waals surface area contributed by atoms with Gasteiger partial charge in [0.05, 0.1) is 15.6 Å². The number of rotatable bonds is 7. The standard InChI is InChI=1S/C24H24ClN3O2S/c25-20-10-9-19(14-21(20)27-24(30)22-4-3-13-31-22)23(29)26-15-17-5-7-18(8-6-17)16-28-11-1-2-12-28/h3-10,13-14H,1-2,11-12,15-16H2,(H,26,29)(H,27,30). The molecule has 4 rings (SSSR count). The Morgan fingerprint density at radius 3 is 2.42 bits per heavy atom. The molecular weight excluding hydrogens is 430 g/mol. The number of halogens is 1. The second-order valence-electron chi connectivity index (χ2n) is 7.61. The van der Waals surface area contributed by atoms with Gasteiger partial charge in [0, 0.05) is 18.7 Å². The summed E-state index contributed by atoms with van der Waals surface area (Å²) in [5.41, 5.74) is 3.19. The first-order chi connectivity index (χ1) is 15.1. The highest BCUT2D eigenvalue weighted by Gasteiger charge is 2.14. The Balaban J connectivity index is 1.34. The molecule has 1 fully saturated rings. The minimum absolute atomic E-state index is 0.218. The molecule has 1 aliphatic heterocycles. The van der Waals surface area contributed by atoms with Gasteiger partial charge < -0.3 is 10.6 Å². The fraction of sp³-hybridized carbons (Fsp3) is 0.250. The number of benzene rings is 2. The summed E-state index contributed by atoms with van der Waals surface area (Å²) >= 11 is 7.55. The van der Waals surface area contributed by atoms with E-state index in [9.17, 15) is 9.59 Å². The Bertz CT molecular complexity index is 1050. The van der Waals surface area contributed by atoms with Crippen molar-refractivity contribution >= 4 is 40.4 Å². The summed E-state index contributed by atoms with van der Waals surface area (Å²) in [6.07, 6.45) is 2.57. The topological polar surface area (TPSA) is 61.4 Å². The van der Waals surface area contributed by atoms with Crippen molar-refractivity contribution in [2.75, 3.05) is 18.4 Å². The van der Waals surface area contributed by atoms with E-state index in [4.69, 9.17) is 11.6 Å². The summed E-state index contributed by atoms with van der Waals surface area (Å²) in [7, 11) is 0. The minimum atomic E-state index is -0.247. The molecule has 3 aromatic rings. The molecule has 1 aromatic heterocycles. The molecule has 0 saturated carbocycles. The smallest absolute Gasteiger partial charge is 0.265 e. The molecule has 2 aromatic carbocycles. The lowest BCUT2D eigenvalue weighted by Gasteiger charge is -2.14. The number of nitrogens with one attached hydrogen (secondary N) is 2. The van der Waals surface area contributed by atoms with E-state index in [2.05, 4.69) is 39.8 Å². The van der Waals surface area contributed by atoms with Gasteiger partial charge in [0.1, 0.15) is 0 Å². The number of carbonyl (C=O) groups is 2. The molecule has 1 saturated heterocycles. The molecule has 0 radical (unpaired) electrons. The van der Waals surface area contributed by atoms with Crippen molar-refractivity contribution in [2.24, 2.45) is 0 Å². The van der Waals surface area contributed by atoms with Crippen LogP contribution in [0.2, 0.25) is 5.02 Å².